The fourth-order valence-electron chi connectivity index (χ4n) is 9.96. The van der Waals surface area contributed by atoms with Gasteiger partial charge in [-0.3, -0.25) is 9.88 Å². The summed E-state index contributed by atoms with van der Waals surface area (Å²) in [6, 6.07) is 5.72. The van der Waals surface area contributed by atoms with Gasteiger partial charge in [0, 0.05) is 51.7 Å². The lowest BCUT2D eigenvalue weighted by atomic mass is 9.90. The van der Waals surface area contributed by atoms with Gasteiger partial charge in [0.15, 0.2) is 5.82 Å². The summed E-state index contributed by atoms with van der Waals surface area (Å²) in [6.45, 7) is 5.18. The van der Waals surface area contributed by atoms with E-state index in [-0.39, 0.29) is 105 Å². The highest BCUT2D eigenvalue weighted by atomic mass is 19.1. The largest absolute Gasteiger partial charge is 0.461 e. The number of nitrogens with zero attached hydrogens (tertiary/aromatic N) is 6. The predicted octanol–water partition coefficient (Wildman–Crippen LogP) is 7.68. The van der Waals surface area contributed by atoms with Crippen molar-refractivity contribution in [3.05, 3.63) is 47.7 Å². The molecule has 2 aromatic carbocycles. The van der Waals surface area contributed by atoms with Crippen molar-refractivity contribution < 1.29 is 42.8 Å². The summed E-state index contributed by atoms with van der Waals surface area (Å²) in [7, 11) is 0. The number of carbonyl (C=O) groups excluding carboxylic acids is 2. The minimum Gasteiger partial charge on any atom is -0.461 e. The molecule has 2 amide bonds. The molecule has 12 nitrogen and oxygen atoms in total. The number of hydrogen-bond acceptors (Lipinski definition) is 10. The summed E-state index contributed by atoms with van der Waals surface area (Å²) in [4.78, 5) is 45.9. The minimum atomic E-state index is -1.41. The van der Waals surface area contributed by atoms with Crippen molar-refractivity contribution in [3.8, 4) is 23.0 Å². The summed E-state index contributed by atoms with van der Waals surface area (Å²) >= 11 is 0. The molecule has 1 N–H and O–H groups in total. The maximum atomic E-state index is 17.5. The molecular weight excluding hydrogens is 758 g/mol. The smallest absolute Gasteiger partial charge is 0.415 e. The molecular formula is C42H49F4N7O5. The number of carbonyl (C=O) groups is 2. The molecule has 4 saturated heterocycles. The van der Waals surface area contributed by atoms with E-state index in [0.717, 1.165) is 38.6 Å². The zero-order valence-corrected chi connectivity index (χ0v) is 32.7. The summed E-state index contributed by atoms with van der Waals surface area (Å²) in [5.74, 6) is -1.18. The number of nitrogens with one attached hydrogen (secondary N) is 1. The Bertz CT molecular complexity index is 2290. The Morgan fingerprint density at radius 3 is 2.76 bits per heavy atom. The number of rotatable bonds is 4. The van der Waals surface area contributed by atoms with Crippen LogP contribution < -0.4 is 19.7 Å². The molecule has 5 atom stereocenters. The number of likely N-dealkylation sites (tertiary alicyclic amines) is 1. The molecule has 6 aliphatic heterocycles. The maximum Gasteiger partial charge on any atom is 0.415 e. The summed E-state index contributed by atoms with van der Waals surface area (Å²) in [5.41, 5.74) is -1.67. The molecule has 310 valence electrons. The topological polar surface area (TPSA) is 122 Å². The second-order valence-electron chi connectivity index (χ2n) is 17.0. The van der Waals surface area contributed by atoms with Crippen LogP contribution in [0.25, 0.3) is 32.9 Å². The molecule has 6 bridgehead atoms. The van der Waals surface area contributed by atoms with Gasteiger partial charge in [0.1, 0.15) is 47.5 Å². The van der Waals surface area contributed by atoms with E-state index in [1.165, 1.54) is 24.4 Å². The molecule has 0 unspecified atom stereocenters. The lowest BCUT2D eigenvalue weighted by molar-refractivity contribution is 0.107. The number of ether oxygens (including phenoxy) is 3. The number of halogens is 4. The van der Waals surface area contributed by atoms with Gasteiger partial charge in [-0.15, -0.1) is 0 Å². The number of benzene rings is 2. The number of alkyl carbamates (subject to hydrolysis) is 1. The molecule has 58 heavy (non-hydrogen) atoms. The van der Waals surface area contributed by atoms with Crippen LogP contribution in [-0.2, 0) is 11.2 Å². The van der Waals surface area contributed by atoms with E-state index in [2.05, 4.69) is 20.2 Å². The molecule has 0 radical (unpaired) electrons. The van der Waals surface area contributed by atoms with Gasteiger partial charge in [-0.2, -0.15) is 9.97 Å². The van der Waals surface area contributed by atoms with Crippen LogP contribution in [0, 0.1) is 11.6 Å². The average Bonchev–Trinajstić information content (AvgIpc) is 3.71. The van der Waals surface area contributed by atoms with Crippen molar-refractivity contribution in [2.75, 3.05) is 50.8 Å². The van der Waals surface area contributed by atoms with Crippen molar-refractivity contribution >= 4 is 39.7 Å². The first kappa shape index (κ1) is 38.5. The molecule has 10 rings (SSSR count). The maximum absolute atomic E-state index is 17.5. The third-order valence-electron chi connectivity index (χ3n) is 12.7. The number of amides is 2. The van der Waals surface area contributed by atoms with E-state index < -0.39 is 47.2 Å². The van der Waals surface area contributed by atoms with Gasteiger partial charge < -0.3 is 29.3 Å². The van der Waals surface area contributed by atoms with Crippen LogP contribution in [-0.4, -0.2) is 112 Å². The first-order chi connectivity index (χ1) is 27.9. The Morgan fingerprint density at radius 2 is 1.91 bits per heavy atom. The van der Waals surface area contributed by atoms with Crippen LogP contribution in [0.3, 0.4) is 0 Å². The Balaban J connectivity index is 0.00000484. The molecule has 0 spiro atoms. The van der Waals surface area contributed by atoms with Gasteiger partial charge in [0.2, 0.25) is 0 Å². The highest BCUT2D eigenvalue weighted by molar-refractivity contribution is 6.02. The Hall–Kier alpha value is -4.99. The van der Waals surface area contributed by atoms with Gasteiger partial charge >= 0.3 is 18.2 Å². The van der Waals surface area contributed by atoms with E-state index in [1.807, 2.05) is 6.92 Å². The van der Waals surface area contributed by atoms with Crippen molar-refractivity contribution in [3.63, 3.8) is 0 Å². The number of aromatic nitrogens is 3. The summed E-state index contributed by atoms with van der Waals surface area (Å²) in [5, 5.41) is 3.78. The van der Waals surface area contributed by atoms with Gasteiger partial charge in [-0.1, -0.05) is 6.07 Å². The minimum absolute atomic E-state index is 0. The van der Waals surface area contributed by atoms with E-state index in [0.29, 0.717) is 23.9 Å². The van der Waals surface area contributed by atoms with Crippen molar-refractivity contribution in [1.82, 2.24) is 30.1 Å². The lowest BCUT2D eigenvalue weighted by Gasteiger charge is -2.42. The summed E-state index contributed by atoms with van der Waals surface area (Å²) in [6.07, 6.45) is 2.54. The molecule has 6 aliphatic rings. The van der Waals surface area contributed by atoms with Gasteiger partial charge in [-0.05, 0) is 99.9 Å². The SMILES string of the molecule is C[C@@H]1CCCCN1C(=O)Oc1cc2c3c(c(F)ccc3c1)CCCOC(=O)N[C@]1(C)C[C@@H](F)CN(C1)c1nc(OC[C@@]34CCCN3C[C@H](F)C4)nc3c(F)c-2ncc13.[HH]. The molecule has 16 heteroatoms. The fraction of sp³-hybridized carbons (Fsp3) is 0.548. The second kappa shape index (κ2) is 15.0. The third-order valence-corrected chi connectivity index (χ3v) is 12.7. The Labute approximate surface area is 334 Å². The first-order valence-electron chi connectivity index (χ1n) is 20.3. The molecule has 4 aromatic rings. The predicted molar refractivity (Wildman–Crippen MR) is 210 cm³/mol. The van der Waals surface area contributed by atoms with Crippen LogP contribution in [0.4, 0.5) is 33.0 Å². The van der Waals surface area contributed by atoms with Crippen LogP contribution in [0.5, 0.6) is 11.8 Å². The molecule has 8 heterocycles. The van der Waals surface area contributed by atoms with Crippen molar-refractivity contribution in [1.29, 1.82) is 0 Å². The molecule has 2 aromatic heterocycles. The first-order valence-corrected chi connectivity index (χ1v) is 20.3. The van der Waals surface area contributed by atoms with E-state index in [4.69, 9.17) is 19.2 Å². The van der Waals surface area contributed by atoms with E-state index in [1.54, 1.807) is 22.8 Å². The third kappa shape index (κ3) is 7.10. The number of fused-ring (bicyclic) bond motifs is 7. The number of aryl methyl sites for hydroxylation is 1. The highest BCUT2D eigenvalue weighted by Gasteiger charge is 2.49. The van der Waals surface area contributed by atoms with Crippen molar-refractivity contribution in [2.24, 2.45) is 0 Å². The molecule has 4 fully saturated rings. The number of anilines is 1. The van der Waals surface area contributed by atoms with Crippen LogP contribution in [0.1, 0.15) is 72.2 Å². The highest BCUT2D eigenvalue weighted by Crippen LogP contribution is 2.43. The number of hydrogen-bond donors (Lipinski definition) is 1. The van der Waals surface area contributed by atoms with Crippen LogP contribution in [0.15, 0.2) is 30.5 Å². The number of alkyl halides is 2. The summed E-state index contributed by atoms with van der Waals surface area (Å²) < 4.78 is 81.6. The van der Waals surface area contributed by atoms with E-state index in [9.17, 15) is 14.0 Å². The average molecular weight is 808 g/mol. The standard InChI is InChI=1S/C42H47F4N7O5.H2/c1-24-7-3-4-13-53(24)40(55)58-28-15-25-9-10-32(45)29-8-5-14-56-39(54)50-41(2)17-26(43)20-51(22-41)37-31-19-47-35(30(16-28)33(25)29)34(46)36(31)48-38(49-37)57-23-42-11-6-12-52(42)21-27(44)18-42;/h9-10,15-16,19,24,26-27H,3-8,11-14,17-18,20-23H2,1-2H3,(H,50,54);1H/t24-,26-,27-,41-,42+;/m1./s1. The normalized spacial score (nSPS) is 27.8. The van der Waals surface area contributed by atoms with Gasteiger partial charge in [0.05, 0.1) is 29.6 Å². The monoisotopic (exact) mass is 807 g/mol. The van der Waals surface area contributed by atoms with Crippen LogP contribution in [0.2, 0.25) is 0 Å². The fourth-order valence-corrected chi connectivity index (χ4v) is 9.96. The Kier molecular flexibility index (Phi) is 9.96. The zero-order valence-electron chi connectivity index (χ0n) is 32.7. The van der Waals surface area contributed by atoms with Crippen molar-refractivity contribution in [2.45, 2.75) is 101 Å². The molecule has 0 saturated carbocycles. The van der Waals surface area contributed by atoms with Gasteiger partial charge in [0.25, 0.3) is 0 Å². The van der Waals surface area contributed by atoms with E-state index >= 15 is 13.2 Å². The van der Waals surface area contributed by atoms with Gasteiger partial charge in [-0.25, -0.2) is 27.2 Å². The number of pyridine rings is 1. The van der Waals surface area contributed by atoms with Crippen LogP contribution >= 0.6 is 0 Å². The second-order valence-corrected chi connectivity index (χ2v) is 17.0. The lowest BCUT2D eigenvalue weighted by Crippen LogP contribution is -2.60. The Morgan fingerprint density at radius 1 is 1.07 bits per heavy atom. The quantitative estimate of drug-likeness (QED) is 0.206. The zero-order chi connectivity index (χ0) is 40.3. The number of piperidine rings is 2. The molecule has 0 aliphatic carbocycles.